The monoisotopic (exact) mass is 305 g/mol. The number of rotatable bonds is 7. The maximum Gasteiger partial charge on any atom is 0.225 e. The van der Waals surface area contributed by atoms with Crippen LogP contribution in [-0.2, 0) is 11.3 Å². The maximum atomic E-state index is 12.0. The van der Waals surface area contributed by atoms with Crippen LogP contribution in [0, 0.1) is 5.92 Å². The summed E-state index contributed by atoms with van der Waals surface area (Å²) in [6.45, 7) is 0.375. The first-order chi connectivity index (χ1) is 10.3. The largest absolute Gasteiger partial charge is 0.394 e. The molecule has 1 aliphatic rings. The van der Waals surface area contributed by atoms with Gasteiger partial charge in [-0.2, -0.15) is 5.10 Å². The number of aromatic nitrogens is 2. The molecule has 2 heterocycles. The van der Waals surface area contributed by atoms with Gasteiger partial charge in [-0.05, 0) is 23.8 Å². The predicted octanol–water partition coefficient (Wildman–Crippen LogP) is 2.73. The van der Waals surface area contributed by atoms with Crippen LogP contribution in [-0.4, -0.2) is 27.4 Å². The molecule has 0 atom stereocenters. The average molecular weight is 305 g/mol. The molecule has 1 amide bonds. The third-order valence-corrected chi connectivity index (χ3v) is 4.50. The van der Waals surface area contributed by atoms with Gasteiger partial charge in [0.2, 0.25) is 5.91 Å². The number of anilines is 1. The first-order valence-electron chi connectivity index (χ1n) is 7.28. The highest BCUT2D eigenvalue weighted by Gasteiger charge is 2.22. The van der Waals surface area contributed by atoms with Gasteiger partial charge in [-0.25, -0.2) is 4.68 Å². The zero-order valence-corrected chi connectivity index (χ0v) is 12.6. The molecular weight excluding hydrogens is 286 g/mol. The van der Waals surface area contributed by atoms with Crippen LogP contribution in [0.15, 0.2) is 23.6 Å². The molecule has 0 spiro atoms. The molecule has 2 N–H and O–H groups in total. The van der Waals surface area contributed by atoms with Gasteiger partial charge in [0.25, 0.3) is 0 Å². The Morgan fingerprint density at radius 1 is 1.52 bits per heavy atom. The lowest BCUT2D eigenvalue weighted by molar-refractivity contribution is -0.116. The molecule has 5 nitrogen and oxygen atoms in total. The van der Waals surface area contributed by atoms with Gasteiger partial charge in [0.05, 0.1) is 18.0 Å². The summed E-state index contributed by atoms with van der Waals surface area (Å²) >= 11 is 1.61. The van der Waals surface area contributed by atoms with Gasteiger partial charge in [0.15, 0.2) is 0 Å². The Morgan fingerprint density at radius 2 is 2.38 bits per heavy atom. The Hall–Kier alpha value is -1.66. The van der Waals surface area contributed by atoms with Crippen LogP contribution < -0.4 is 5.32 Å². The summed E-state index contributed by atoms with van der Waals surface area (Å²) in [7, 11) is 0. The molecule has 0 aliphatic heterocycles. The number of nitrogens with one attached hydrogen (secondary N) is 1. The first-order valence-corrected chi connectivity index (χ1v) is 8.16. The third kappa shape index (κ3) is 3.71. The fourth-order valence-corrected chi connectivity index (χ4v) is 2.96. The van der Waals surface area contributed by atoms with Gasteiger partial charge in [0, 0.05) is 12.5 Å². The molecule has 2 aromatic rings. The lowest BCUT2D eigenvalue weighted by Crippen LogP contribution is -2.16. The molecule has 1 fully saturated rings. The fraction of sp³-hybridized carbons (Fsp3) is 0.467. The van der Waals surface area contributed by atoms with Gasteiger partial charge in [-0.3, -0.25) is 4.79 Å². The van der Waals surface area contributed by atoms with E-state index in [9.17, 15) is 4.79 Å². The summed E-state index contributed by atoms with van der Waals surface area (Å²) < 4.78 is 1.66. The Labute approximate surface area is 127 Å². The van der Waals surface area contributed by atoms with E-state index < -0.39 is 0 Å². The summed E-state index contributed by atoms with van der Waals surface area (Å²) in [5, 5.41) is 18.5. The van der Waals surface area contributed by atoms with Crippen molar-refractivity contribution in [1.29, 1.82) is 0 Å². The Balaban J connectivity index is 1.70. The van der Waals surface area contributed by atoms with Crippen LogP contribution in [0.2, 0.25) is 0 Å². The van der Waals surface area contributed by atoms with E-state index in [-0.39, 0.29) is 12.5 Å². The second kappa shape index (κ2) is 6.41. The topological polar surface area (TPSA) is 67.2 Å². The summed E-state index contributed by atoms with van der Waals surface area (Å²) in [5.41, 5.74) is 0.830. The van der Waals surface area contributed by atoms with Crippen molar-refractivity contribution in [3.8, 4) is 10.6 Å². The number of nitrogens with zero attached hydrogens (tertiary/aromatic N) is 2. The standard InChI is InChI=1S/C15H19N3O2S/c19-8-7-18-14(16-15(20)6-5-11-3-4-11)10-12(17-18)13-2-1-9-21-13/h1-2,9-11,19H,3-8H2,(H,16,20). The molecule has 21 heavy (non-hydrogen) atoms. The van der Waals surface area contributed by atoms with E-state index in [2.05, 4.69) is 10.4 Å². The molecule has 6 heteroatoms. The second-order valence-corrected chi connectivity index (χ2v) is 6.32. The van der Waals surface area contributed by atoms with Crippen molar-refractivity contribution in [2.75, 3.05) is 11.9 Å². The van der Waals surface area contributed by atoms with Gasteiger partial charge in [-0.1, -0.05) is 18.9 Å². The molecule has 112 valence electrons. The highest BCUT2D eigenvalue weighted by Crippen LogP contribution is 2.33. The lowest BCUT2D eigenvalue weighted by atomic mass is 10.2. The molecule has 1 aliphatic carbocycles. The average Bonchev–Trinajstić information content (AvgIpc) is 2.97. The van der Waals surface area contributed by atoms with E-state index in [1.807, 2.05) is 23.6 Å². The molecule has 0 aromatic carbocycles. The lowest BCUT2D eigenvalue weighted by Gasteiger charge is -2.07. The van der Waals surface area contributed by atoms with E-state index in [4.69, 9.17) is 5.11 Å². The molecular formula is C15H19N3O2S. The van der Waals surface area contributed by atoms with Gasteiger partial charge >= 0.3 is 0 Å². The van der Waals surface area contributed by atoms with Crippen LogP contribution in [0.4, 0.5) is 5.82 Å². The molecule has 0 radical (unpaired) electrons. The summed E-state index contributed by atoms with van der Waals surface area (Å²) in [6.07, 6.45) is 4.05. The summed E-state index contributed by atoms with van der Waals surface area (Å²) in [6, 6.07) is 5.84. The minimum atomic E-state index is -0.00347. The van der Waals surface area contributed by atoms with E-state index in [0.717, 1.165) is 22.9 Å². The van der Waals surface area contributed by atoms with Crippen LogP contribution in [0.5, 0.6) is 0 Å². The number of aliphatic hydroxyl groups is 1. The van der Waals surface area contributed by atoms with Gasteiger partial charge in [-0.15, -0.1) is 11.3 Å². The Kier molecular flexibility index (Phi) is 4.36. The van der Waals surface area contributed by atoms with Gasteiger partial charge < -0.3 is 10.4 Å². The highest BCUT2D eigenvalue weighted by atomic mass is 32.1. The quantitative estimate of drug-likeness (QED) is 0.826. The van der Waals surface area contributed by atoms with Crippen molar-refractivity contribution in [3.63, 3.8) is 0 Å². The third-order valence-electron chi connectivity index (χ3n) is 3.61. The maximum absolute atomic E-state index is 12.0. The van der Waals surface area contributed by atoms with E-state index >= 15 is 0 Å². The molecule has 2 aromatic heterocycles. The van der Waals surface area contributed by atoms with Crippen LogP contribution >= 0.6 is 11.3 Å². The molecule has 0 bridgehead atoms. The molecule has 3 rings (SSSR count). The summed E-state index contributed by atoms with van der Waals surface area (Å²) in [5.74, 6) is 1.44. The zero-order valence-electron chi connectivity index (χ0n) is 11.8. The highest BCUT2D eigenvalue weighted by molar-refractivity contribution is 7.13. The van der Waals surface area contributed by atoms with E-state index in [1.54, 1.807) is 16.0 Å². The van der Waals surface area contributed by atoms with Crippen molar-refractivity contribution < 1.29 is 9.90 Å². The Morgan fingerprint density at radius 3 is 3.05 bits per heavy atom. The molecule has 0 unspecified atom stereocenters. The van der Waals surface area contributed by atoms with Crippen LogP contribution in [0.1, 0.15) is 25.7 Å². The number of hydrogen-bond donors (Lipinski definition) is 2. The number of hydrogen-bond acceptors (Lipinski definition) is 4. The molecule has 0 saturated heterocycles. The van der Waals surface area contributed by atoms with Crippen molar-refractivity contribution in [2.24, 2.45) is 5.92 Å². The first kappa shape index (κ1) is 14.3. The fourth-order valence-electron chi connectivity index (χ4n) is 2.27. The second-order valence-electron chi connectivity index (χ2n) is 5.37. The van der Waals surface area contributed by atoms with Crippen molar-refractivity contribution >= 4 is 23.1 Å². The number of amides is 1. The van der Waals surface area contributed by atoms with E-state index in [1.165, 1.54) is 12.8 Å². The van der Waals surface area contributed by atoms with Crippen molar-refractivity contribution in [1.82, 2.24) is 9.78 Å². The number of thiophene rings is 1. The number of carbonyl (C=O) groups excluding carboxylic acids is 1. The van der Waals surface area contributed by atoms with E-state index in [0.29, 0.717) is 18.8 Å². The minimum absolute atomic E-state index is 0.00347. The number of aliphatic hydroxyl groups excluding tert-OH is 1. The van der Waals surface area contributed by atoms with Crippen LogP contribution in [0.25, 0.3) is 10.6 Å². The number of carbonyl (C=O) groups is 1. The van der Waals surface area contributed by atoms with Crippen molar-refractivity contribution in [2.45, 2.75) is 32.2 Å². The minimum Gasteiger partial charge on any atom is -0.394 e. The SMILES string of the molecule is O=C(CCC1CC1)Nc1cc(-c2cccs2)nn1CCO. The van der Waals surface area contributed by atoms with Gasteiger partial charge in [0.1, 0.15) is 11.5 Å². The predicted molar refractivity (Wildman–Crippen MR) is 83.2 cm³/mol. The Bertz CT molecular complexity index is 602. The normalized spacial score (nSPS) is 14.3. The zero-order chi connectivity index (χ0) is 14.7. The van der Waals surface area contributed by atoms with Crippen LogP contribution in [0.3, 0.4) is 0 Å². The smallest absolute Gasteiger partial charge is 0.225 e. The van der Waals surface area contributed by atoms with Crippen molar-refractivity contribution in [3.05, 3.63) is 23.6 Å². The molecule has 1 saturated carbocycles. The summed E-state index contributed by atoms with van der Waals surface area (Å²) in [4.78, 5) is 13.0.